The Morgan fingerprint density at radius 2 is 1.96 bits per heavy atom. The first-order valence-corrected chi connectivity index (χ1v) is 8.86. The molecule has 0 bridgehead atoms. The van der Waals surface area contributed by atoms with Crippen molar-refractivity contribution < 1.29 is 14.3 Å². The van der Waals surface area contributed by atoms with Crippen LogP contribution in [0.5, 0.6) is 11.5 Å². The van der Waals surface area contributed by atoms with Gasteiger partial charge in [-0.05, 0) is 43.3 Å². The van der Waals surface area contributed by atoms with E-state index in [1.165, 1.54) is 12.3 Å². The van der Waals surface area contributed by atoms with E-state index in [9.17, 15) is 4.79 Å². The maximum atomic E-state index is 11.8. The molecule has 0 fully saturated rings. The van der Waals surface area contributed by atoms with Gasteiger partial charge in [0, 0.05) is 15.1 Å². The molecule has 8 heteroatoms. The zero-order valence-electron chi connectivity index (χ0n) is 13.3. The molecular weight excluding hydrogens is 431 g/mol. The monoisotopic (exact) mass is 444 g/mol. The number of benzene rings is 2. The fourth-order valence-electron chi connectivity index (χ4n) is 1.85. The summed E-state index contributed by atoms with van der Waals surface area (Å²) in [6.45, 7) is 2.20. The van der Waals surface area contributed by atoms with E-state index in [-0.39, 0.29) is 6.61 Å². The average molecular weight is 446 g/mol. The van der Waals surface area contributed by atoms with Crippen molar-refractivity contribution >= 4 is 51.3 Å². The number of amides is 1. The van der Waals surface area contributed by atoms with Crippen LogP contribution in [-0.4, -0.2) is 25.3 Å². The molecule has 25 heavy (non-hydrogen) atoms. The van der Waals surface area contributed by atoms with Crippen LogP contribution in [0.4, 0.5) is 0 Å². The Hall–Kier alpha value is -1.76. The molecule has 2 aromatic carbocycles. The summed E-state index contributed by atoms with van der Waals surface area (Å²) in [5, 5.41) is 4.74. The van der Waals surface area contributed by atoms with Gasteiger partial charge in [-0.2, -0.15) is 5.10 Å². The molecule has 0 spiro atoms. The lowest BCUT2D eigenvalue weighted by atomic mass is 10.2. The molecule has 2 aromatic rings. The third kappa shape index (κ3) is 6.23. The maximum Gasteiger partial charge on any atom is 0.277 e. The van der Waals surface area contributed by atoms with Crippen LogP contribution in [-0.2, 0) is 4.79 Å². The lowest BCUT2D eigenvalue weighted by Crippen LogP contribution is -2.24. The zero-order valence-corrected chi connectivity index (χ0v) is 16.4. The van der Waals surface area contributed by atoms with Crippen LogP contribution in [0.15, 0.2) is 46.0 Å². The van der Waals surface area contributed by atoms with E-state index in [1.807, 2.05) is 25.1 Å². The smallest absolute Gasteiger partial charge is 0.277 e. The summed E-state index contributed by atoms with van der Waals surface area (Å²) >= 11 is 15.2. The van der Waals surface area contributed by atoms with Gasteiger partial charge in [0.1, 0.15) is 11.5 Å². The first kappa shape index (κ1) is 19.6. The van der Waals surface area contributed by atoms with E-state index >= 15 is 0 Å². The number of nitrogens with one attached hydrogen (secondary N) is 1. The van der Waals surface area contributed by atoms with Gasteiger partial charge in [-0.1, -0.05) is 39.1 Å². The molecule has 0 saturated heterocycles. The molecule has 0 atom stereocenters. The van der Waals surface area contributed by atoms with Crippen molar-refractivity contribution in [2.24, 2.45) is 5.10 Å². The fourth-order valence-corrected chi connectivity index (χ4v) is 2.69. The molecule has 0 aliphatic carbocycles. The van der Waals surface area contributed by atoms with Gasteiger partial charge in [0.15, 0.2) is 6.61 Å². The Bertz CT molecular complexity index is 784. The SMILES string of the molecule is CCOc1ccc(Br)cc1/C=N\NC(=O)COc1ccc(Cl)cc1Cl. The molecule has 0 saturated carbocycles. The Morgan fingerprint density at radius 3 is 2.68 bits per heavy atom. The minimum Gasteiger partial charge on any atom is -0.493 e. The van der Waals surface area contributed by atoms with Crippen molar-refractivity contribution in [1.82, 2.24) is 5.43 Å². The second kappa shape index (κ2) is 9.65. The molecule has 0 radical (unpaired) electrons. The number of carbonyl (C=O) groups excluding carboxylic acids is 1. The van der Waals surface area contributed by atoms with Gasteiger partial charge in [0.2, 0.25) is 0 Å². The van der Waals surface area contributed by atoms with E-state index in [0.29, 0.717) is 28.2 Å². The summed E-state index contributed by atoms with van der Waals surface area (Å²) in [6, 6.07) is 10.3. The predicted octanol–water partition coefficient (Wildman–Crippen LogP) is 4.68. The third-order valence-electron chi connectivity index (χ3n) is 2.92. The standard InChI is InChI=1S/C17H15BrCl2N2O3/c1-2-24-15-5-3-12(18)7-11(15)9-21-22-17(23)10-25-16-6-4-13(19)8-14(16)20/h3-9H,2,10H2,1H3,(H,22,23)/b21-9-. The van der Waals surface area contributed by atoms with Gasteiger partial charge in [-0.25, -0.2) is 5.43 Å². The van der Waals surface area contributed by atoms with Crippen LogP contribution in [0.2, 0.25) is 10.0 Å². The van der Waals surface area contributed by atoms with Crippen LogP contribution >= 0.6 is 39.1 Å². The van der Waals surface area contributed by atoms with E-state index in [1.54, 1.807) is 12.1 Å². The molecule has 0 heterocycles. The predicted molar refractivity (Wildman–Crippen MR) is 103 cm³/mol. The normalized spacial score (nSPS) is 10.7. The molecule has 2 rings (SSSR count). The van der Waals surface area contributed by atoms with Crippen molar-refractivity contribution in [2.75, 3.05) is 13.2 Å². The number of rotatable bonds is 7. The van der Waals surface area contributed by atoms with Gasteiger partial charge < -0.3 is 9.47 Å². The molecule has 1 N–H and O–H groups in total. The highest BCUT2D eigenvalue weighted by Gasteiger charge is 2.06. The Kier molecular flexibility index (Phi) is 7.55. The molecule has 132 valence electrons. The van der Waals surface area contributed by atoms with E-state index in [0.717, 1.165) is 10.0 Å². The van der Waals surface area contributed by atoms with Gasteiger partial charge in [0.25, 0.3) is 5.91 Å². The lowest BCUT2D eigenvalue weighted by molar-refractivity contribution is -0.123. The van der Waals surface area contributed by atoms with E-state index < -0.39 is 5.91 Å². The first-order chi connectivity index (χ1) is 12.0. The number of ether oxygens (including phenoxy) is 2. The Balaban J connectivity index is 1.91. The minimum atomic E-state index is -0.421. The number of carbonyl (C=O) groups is 1. The highest BCUT2D eigenvalue weighted by atomic mass is 79.9. The van der Waals surface area contributed by atoms with Gasteiger partial charge >= 0.3 is 0 Å². The number of nitrogens with zero attached hydrogens (tertiary/aromatic N) is 1. The summed E-state index contributed by atoms with van der Waals surface area (Å²) < 4.78 is 11.7. The van der Waals surface area contributed by atoms with Crippen molar-refractivity contribution in [1.29, 1.82) is 0 Å². The van der Waals surface area contributed by atoms with Crippen LogP contribution < -0.4 is 14.9 Å². The third-order valence-corrected chi connectivity index (χ3v) is 3.94. The van der Waals surface area contributed by atoms with Crippen LogP contribution in [0.3, 0.4) is 0 Å². The lowest BCUT2D eigenvalue weighted by Gasteiger charge is -2.08. The van der Waals surface area contributed by atoms with Gasteiger partial charge in [0.05, 0.1) is 17.8 Å². The molecular formula is C17H15BrCl2N2O3. The highest BCUT2D eigenvalue weighted by Crippen LogP contribution is 2.27. The minimum absolute atomic E-state index is 0.227. The summed E-state index contributed by atoms with van der Waals surface area (Å²) in [4.78, 5) is 11.8. The van der Waals surface area contributed by atoms with Crippen molar-refractivity contribution in [3.8, 4) is 11.5 Å². The zero-order chi connectivity index (χ0) is 18.2. The summed E-state index contributed by atoms with van der Waals surface area (Å²) in [7, 11) is 0. The second-order valence-electron chi connectivity index (χ2n) is 4.77. The van der Waals surface area contributed by atoms with Gasteiger partial charge in [-0.3, -0.25) is 4.79 Å². The average Bonchev–Trinajstić information content (AvgIpc) is 2.56. The summed E-state index contributed by atoms with van der Waals surface area (Å²) in [5.74, 6) is 0.624. The maximum absolute atomic E-state index is 11.8. The molecule has 0 aliphatic heterocycles. The molecule has 0 aromatic heterocycles. The highest BCUT2D eigenvalue weighted by molar-refractivity contribution is 9.10. The van der Waals surface area contributed by atoms with Gasteiger partial charge in [-0.15, -0.1) is 0 Å². The Labute approximate surface area is 164 Å². The fraction of sp³-hybridized carbons (Fsp3) is 0.176. The largest absolute Gasteiger partial charge is 0.493 e. The number of halogens is 3. The van der Waals surface area contributed by atoms with E-state index in [4.69, 9.17) is 32.7 Å². The van der Waals surface area contributed by atoms with Crippen LogP contribution in [0.25, 0.3) is 0 Å². The number of hydrogen-bond donors (Lipinski definition) is 1. The molecule has 0 unspecified atom stereocenters. The Morgan fingerprint density at radius 1 is 1.20 bits per heavy atom. The van der Waals surface area contributed by atoms with Crippen molar-refractivity contribution in [2.45, 2.75) is 6.92 Å². The van der Waals surface area contributed by atoms with Crippen molar-refractivity contribution in [3.63, 3.8) is 0 Å². The van der Waals surface area contributed by atoms with Crippen molar-refractivity contribution in [3.05, 3.63) is 56.5 Å². The first-order valence-electron chi connectivity index (χ1n) is 7.31. The van der Waals surface area contributed by atoms with Crippen LogP contribution in [0, 0.1) is 0 Å². The molecule has 1 amide bonds. The quantitative estimate of drug-likeness (QED) is 0.497. The summed E-state index contributed by atoms with van der Waals surface area (Å²) in [6.07, 6.45) is 1.50. The topological polar surface area (TPSA) is 59.9 Å². The van der Waals surface area contributed by atoms with Crippen LogP contribution in [0.1, 0.15) is 12.5 Å². The molecule has 0 aliphatic rings. The summed E-state index contributed by atoms with van der Waals surface area (Å²) in [5.41, 5.74) is 3.12. The number of hydrazone groups is 1. The second-order valence-corrected chi connectivity index (χ2v) is 6.53. The van der Waals surface area contributed by atoms with E-state index in [2.05, 4.69) is 26.5 Å². The molecule has 5 nitrogen and oxygen atoms in total. The number of hydrogen-bond acceptors (Lipinski definition) is 4.